The molecule has 28 heavy (non-hydrogen) atoms. The summed E-state index contributed by atoms with van der Waals surface area (Å²) < 4.78 is 36.0. The second-order valence-electron chi connectivity index (χ2n) is 6.78. The van der Waals surface area contributed by atoms with Crippen LogP contribution in [-0.2, 0) is 19.4 Å². The number of sulfone groups is 1. The Morgan fingerprint density at radius 3 is 2.46 bits per heavy atom. The lowest BCUT2D eigenvalue weighted by Crippen LogP contribution is -2.61. The first kappa shape index (κ1) is 20.2. The fourth-order valence-electron chi connectivity index (χ4n) is 3.81. The predicted molar refractivity (Wildman–Crippen MR) is 96.7 cm³/mol. The number of hydrogen-bond acceptors (Lipinski definition) is 7. The highest BCUT2D eigenvalue weighted by molar-refractivity contribution is 7.91. The van der Waals surface area contributed by atoms with Gasteiger partial charge in [0.1, 0.15) is 5.70 Å². The van der Waals surface area contributed by atoms with Gasteiger partial charge in [0.25, 0.3) is 0 Å². The Labute approximate surface area is 162 Å². The molecule has 10 heteroatoms. The van der Waals surface area contributed by atoms with Gasteiger partial charge >= 0.3 is 5.97 Å². The lowest BCUT2D eigenvalue weighted by atomic mass is 9.83. The van der Waals surface area contributed by atoms with Gasteiger partial charge in [-0.15, -0.1) is 0 Å². The zero-order valence-electron chi connectivity index (χ0n) is 15.6. The molecule has 152 valence electrons. The highest BCUT2D eigenvalue weighted by Gasteiger charge is 2.56. The second kappa shape index (κ2) is 7.10. The number of carbonyl (C=O) groups excluding carboxylic acids is 1. The third-order valence-electron chi connectivity index (χ3n) is 5.10. The highest BCUT2D eigenvalue weighted by atomic mass is 32.2. The standard InChI is InChI=1S/C18H21NO8S/c1-9(20)15-12-6-10(16(18(22)23)19(12)17(15)21)8-28(24,25)11-4-5-13(26-2)14(7-11)27-3/h4-5,7,9,12,15,20H,6,8H2,1-3H3,(H,22,23)/t9-,12-,15+/m1/s1. The van der Waals surface area contributed by atoms with E-state index < -0.39 is 45.5 Å². The number of aliphatic hydroxyl groups excluding tert-OH is 1. The van der Waals surface area contributed by atoms with Gasteiger partial charge in [0.15, 0.2) is 21.3 Å². The number of rotatable bonds is 7. The van der Waals surface area contributed by atoms with Gasteiger partial charge in [-0.05, 0) is 31.1 Å². The summed E-state index contributed by atoms with van der Waals surface area (Å²) in [6, 6.07) is 3.58. The minimum Gasteiger partial charge on any atom is -0.493 e. The maximum Gasteiger partial charge on any atom is 0.352 e. The maximum atomic E-state index is 12.9. The first-order valence-corrected chi connectivity index (χ1v) is 10.2. The average molecular weight is 411 g/mol. The topological polar surface area (TPSA) is 130 Å². The van der Waals surface area contributed by atoms with Crippen LogP contribution in [0.1, 0.15) is 13.3 Å². The fraction of sp³-hybridized carbons (Fsp3) is 0.444. The number of carbonyl (C=O) groups is 2. The molecule has 2 heterocycles. The third-order valence-corrected chi connectivity index (χ3v) is 6.80. The molecule has 2 aliphatic rings. The number of carboxylic acid groups (broad SMARTS) is 1. The number of methoxy groups -OCH3 is 2. The first-order chi connectivity index (χ1) is 13.1. The molecule has 0 aliphatic carbocycles. The number of ether oxygens (including phenoxy) is 2. The number of carboxylic acids is 1. The van der Waals surface area contributed by atoms with Gasteiger partial charge in [-0.3, -0.25) is 4.79 Å². The molecule has 9 nitrogen and oxygen atoms in total. The van der Waals surface area contributed by atoms with Crippen LogP contribution < -0.4 is 9.47 Å². The van der Waals surface area contributed by atoms with Gasteiger partial charge in [-0.1, -0.05) is 0 Å². The van der Waals surface area contributed by atoms with E-state index >= 15 is 0 Å². The fourth-order valence-corrected chi connectivity index (χ4v) is 5.25. The van der Waals surface area contributed by atoms with Gasteiger partial charge < -0.3 is 24.6 Å². The van der Waals surface area contributed by atoms with Crippen LogP contribution in [0.5, 0.6) is 11.5 Å². The van der Waals surface area contributed by atoms with E-state index in [1.807, 2.05) is 0 Å². The number of fused-ring (bicyclic) bond motifs is 1. The van der Waals surface area contributed by atoms with E-state index in [2.05, 4.69) is 0 Å². The molecule has 1 fully saturated rings. The van der Waals surface area contributed by atoms with Crippen LogP contribution in [0.2, 0.25) is 0 Å². The Morgan fingerprint density at radius 2 is 1.93 bits per heavy atom. The van der Waals surface area contributed by atoms with E-state index in [1.165, 1.54) is 39.3 Å². The summed E-state index contributed by atoms with van der Waals surface area (Å²) in [6.07, 6.45) is -0.847. The Bertz CT molecular complexity index is 966. The number of benzene rings is 1. The van der Waals surface area contributed by atoms with Gasteiger partial charge in [0.05, 0.1) is 42.9 Å². The first-order valence-electron chi connectivity index (χ1n) is 8.53. The minimum atomic E-state index is -3.90. The summed E-state index contributed by atoms with van der Waals surface area (Å²) in [5.41, 5.74) is -0.167. The molecule has 0 bridgehead atoms. The van der Waals surface area contributed by atoms with Crippen molar-refractivity contribution < 1.29 is 37.7 Å². The Kier molecular flexibility index (Phi) is 5.11. The zero-order valence-corrected chi connectivity index (χ0v) is 16.4. The minimum absolute atomic E-state index is 0.0463. The highest BCUT2D eigenvalue weighted by Crippen LogP contribution is 2.44. The van der Waals surface area contributed by atoms with Crippen LogP contribution in [0, 0.1) is 5.92 Å². The molecule has 1 aromatic rings. The van der Waals surface area contributed by atoms with Crippen LogP contribution >= 0.6 is 0 Å². The smallest absolute Gasteiger partial charge is 0.352 e. The number of nitrogens with zero attached hydrogens (tertiary/aromatic N) is 1. The van der Waals surface area contributed by atoms with Crippen LogP contribution in [0.15, 0.2) is 34.4 Å². The van der Waals surface area contributed by atoms with Gasteiger partial charge in [0.2, 0.25) is 5.91 Å². The van der Waals surface area contributed by atoms with Crippen molar-refractivity contribution in [2.24, 2.45) is 5.92 Å². The summed E-state index contributed by atoms with van der Waals surface area (Å²) in [4.78, 5) is 24.9. The average Bonchev–Trinajstić information content (AvgIpc) is 2.94. The van der Waals surface area contributed by atoms with E-state index in [1.54, 1.807) is 0 Å². The van der Waals surface area contributed by atoms with Crippen molar-refractivity contribution in [1.82, 2.24) is 4.90 Å². The van der Waals surface area contributed by atoms with E-state index in [9.17, 15) is 28.2 Å². The number of hydrogen-bond donors (Lipinski definition) is 2. The molecule has 1 saturated heterocycles. The monoisotopic (exact) mass is 411 g/mol. The molecule has 1 aromatic carbocycles. The summed E-state index contributed by atoms with van der Waals surface area (Å²) in [5, 5.41) is 19.3. The number of aliphatic carboxylic acids is 1. The van der Waals surface area contributed by atoms with E-state index in [0.29, 0.717) is 5.75 Å². The van der Waals surface area contributed by atoms with Gasteiger partial charge in [-0.2, -0.15) is 0 Å². The number of aliphatic hydroxyl groups is 1. The molecule has 2 N–H and O–H groups in total. The molecule has 0 unspecified atom stereocenters. The summed E-state index contributed by atoms with van der Waals surface area (Å²) in [6.45, 7) is 1.46. The molecule has 0 aromatic heterocycles. The quantitative estimate of drug-likeness (QED) is 0.618. The third kappa shape index (κ3) is 3.12. The molecule has 3 atom stereocenters. The summed E-state index contributed by atoms with van der Waals surface area (Å²) in [5.74, 6) is -2.54. The van der Waals surface area contributed by atoms with Crippen molar-refractivity contribution in [2.75, 3.05) is 20.0 Å². The zero-order chi connectivity index (χ0) is 20.8. The molecule has 0 spiro atoms. The maximum absolute atomic E-state index is 12.9. The Balaban J connectivity index is 1.94. The summed E-state index contributed by atoms with van der Waals surface area (Å²) >= 11 is 0. The molecule has 0 radical (unpaired) electrons. The van der Waals surface area contributed by atoms with Crippen molar-refractivity contribution in [2.45, 2.75) is 30.4 Å². The molecular weight excluding hydrogens is 390 g/mol. The predicted octanol–water partition coefficient (Wildman–Crippen LogP) is 0.428. The van der Waals surface area contributed by atoms with E-state index in [-0.39, 0.29) is 28.3 Å². The van der Waals surface area contributed by atoms with Gasteiger partial charge in [0, 0.05) is 6.07 Å². The molecule has 2 aliphatic heterocycles. The number of amides is 1. The van der Waals surface area contributed by atoms with Crippen molar-refractivity contribution in [3.63, 3.8) is 0 Å². The number of β-lactam (4-membered cyclic amide) rings is 1. The molecular formula is C18H21NO8S. The van der Waals surface area contributed by atoms with Crippen LogP contribution in [0.4, 0.5) is 0 Å². The van der Waals surface area contributed by atoms with Crippen molar-refractivity contribution in [3.8, 4) is 11.5 Å². The van der Waals surface area contributed by atoms with Gasteiger partial charge in [-0.25, -0.2) is 13.2 Å². The van der Waals surface area contributed by atoms with Crippen LogP contribution in [-0.4, -0.2) is 67.5 Å². The summed E-state index contributed by atoms with van der Waals surface area (Å²) in [7, 11) is -1.10. The normalized spacial score (nSPS) is 22.6. The van der Waals surface area contributed by atoms with Crippen molar-refractivity contribution >= 4 is 21.7 Å². The van der Waals surface area contributed by atoms with E-state index in [0.717, 1.165) is 4.90 Å². The second-order valence-corrected chi connectivity index (χ2v) is 8.77. The molecule has 1 amide bonds. The van der Waals surface area contributed by atoms with Crippen LogP contribution in [0.3, 0.4) is 0 Å². The SMILES string of the molecule is COc1ccc(S(=O)(=O)CC2=C(C(=O)O)N3C(=O)[C@@H]([C@@H](C)O)[C@H]3C2)cc1OC. The van der Waals surface area contributed by atoms with Crippen molar-refractivity contribution in [3.05, 3.63) is 29.5 Å². The van der Waals surface area contributed by atoms with E-state index in [4.69, 9.17) is 9.47 Å². The van der Waals surface area contributed by atoms with Crippen LogP contribution in [0.25, 0.3) is 0 Å². The molecule has 0 saturated carbocycles. The molecule has 3 rings (SSSR count). The largest absolute Gasteiger partial charge is 0.493 e. The lowest BCUT2D eigenvalue weighted by molar-refractivity contribution is -0.161. The Morgan fingerprint density at radius 1 is 1.29 bits per heavy atom. The lowest BCUT2D eigenvalue weighted by Gasteiger charge is -2.44. The Hall–Kier alpha value is -2.59. The van der Waals surface area contributed by atoms with Crippen molar-refractivity contribution in [1.29, 1.82) is 0 Å².